The van der Waals surface area contributed by atoms with E-state index in [1.165, 1.54) is 0 Å². The monoisotopic (exact) mass is 373 g/mol. The molecule has 7 nitrogen and oxygen atoms in total. The summed E-state index contributed by atoms with van der Waals surface area (Å²) in [7, 11) is 1.91. The fraction of sp³-hybridized carbons (Fsp3) is 0.895. The number of rotatable bonds is 11. The Morgan fingerprint density at radius 2 is 1.73 bits per heavy atom. The van der Waals surface area contributed by atoms with Crippen LogP contribution in [0.5, 0.6) is 0 Å². The summed E-state index contributed by atoms with van der Waals surface area (Å²) < 4.78 is 5.87. The molecule has 4 atom stereocenters. The number of piperidine rings is 1. The Morgan fingerprint density at radius 3 is 2.31 bits per heavy atom. The van der Waals surface area contributed by atoms with E-state index in [-0.39, 0.29) is 17.9 Å². The molecule has 0 amide bonds. The summed E-state index contributed by atoms with van der Waals surface area (Å²) in [5, 5.41) is 28.4. The third kappa shape index (κ3) is 6.52. The van der Waals surface area contributed by atoms with Gasteiger partial charge in [0.2, 0.25) is 0 Å². The van der Waals surface area contributed by atoms with Crippen molar-refractivity contribution in [3.05, 3.63) is 0 Å². The number of nitrogens with zero attached hydrogens (tertiary/aromatic N) is 1. The molecule has 0 spiro atoms. The van der Waals surface area contributed by atoms with Gasteiger partial charge in [-0.25, -0.2) is 4.79 Å². The van der Waals surface area contributed by atoms with E-state index < -0.39 is 30.4 Å². The van der Waals surface area contributed by atoms with Gasteiger partial charge in [0.1, 0.15) is 6.23 Å². The minimum Gasteiger partial charge on any atom is -0.481 e. The fourth-order valence-corrected chi connectivity index (χ4v) is 3.45. The van der Waals surface area contributed by atoms with Crippen LogP contribution >= 0.6 is 0 Å². The average molecular weight is 373 g/mol. The van der Waals surface area contributed by atoms with Crippen LogP contribution in [0, 0.1) is 5.92 Å². The van der Waals surface area contributed by atoms with Crippen molar-refractivity contribution in [3.63, 3.8) is 0 Å². The number of aliphatic carboxylic acids is 2. The average Bonchev–Trinajstić information content (AvgIpc) is 2.55. The first kappa shape index (κ1) is 22.9. The second-order valence-corrected chi connectivity index (χ2v) is 7.97. The Kier molecular flexibility index (Phi) is 9.00. The summed E-state index contributed by atoms with van der Waals surface area (Å²) in [6.07, 6.45) is 3.16. The SMILES string of the molecule is CC1C(O)CC(OC(CCCCCCCC(=O)O)C(=O)O)N(C)C1(C)C. The summed E-state index contributed by atoms with van der Waals surface area (Å²) in [4.78, 5) is 24.0. The van der Waals surface area contributed by atoms with Crippen LogP contribution in [-0.4, -0.2) is 63.2 Å². The molecule has 1 fully saturated rings. The van der Waals surface area contributed by atoms with E-state index in [1.54, 1.807) is 0 Å². The number of carbonyl (C=O) groups is 2. The molecule has 3 N–H and O–H groups in total. The van der Waals surface area contributed by atoms with E-state index in [9.17, 15) is 19.8 Å². The van der Waals surface area contributed by atoms with Crippen molar-refractivity contribution in [2.75, 3.05) is 7.05 Å². The number of unbranched alkanes of at least 4 members (excludes halogenated alkanes) is 4. The molecule has 0 bridgehead atoms. The Hall–Kier alpha value is -1.18. The summed E-state index contributed by atoms with van der Waals surface area (Å²) in [6.45, 7) is 6.06. The molecule has 4 unspecified atom stereocenters. The summed E-state index contributed by atoms with van der Waals surface area (Å²) >= 11 is 0. The van der Waals surface area contributed by atoms with Crippen LogP contribution in [0.4, 0.5) is 0 Å². The molecule has 7 heteroatoms. The van der Waals surface area contributed by atoms with Gasteiger partial charge in [-0.1, -0.05) is 32.6 Å². The number of carboxylic acid groups (broad SMARTS) is 2. The minimum atomic E-state index is -0.977. The number of hydrogen-bond donors (Lipinski definition) is 3. The number of aliphatic hydroxyl groups is 1. The molecule has 1 rings (SSSR count). The lowest BCUT2D eigenvalue weighted by Crippen LogP contribution is -2.61. The van der Waals surface area contributed by atoms with Crippen LogP contribution in [0.15, 0.2) is 0 Å². The smallest absolute Gasteiger partial charge is 0.332 e. The molecule has 1 heterocycles. The van der Waals surface area contributed by atoms with Crippen molar-refractivity contribution in [2.45, 2.75) is 96.1 Å². The highest BCUT2D eigenvalue weighted by molar-refractivity contribution is 5.72. The van der Waals surface area contributed by atoms with Gasteiger partial charge in [0.25, 0.3) is 0 Å². The van der Waals surface area contributed by atoms with Crippen LogP contribution < -0.4 is 0 Å². The quantitative estimate of drug-likeness (QED) is 0.478. The van der Waals surface area contributed by atoms with Gasteiger partial charge in [-0.3, -0.25) is 9.69 Å². The maximum absolute atomic E-state index is 11.6. The van der Waals surface area contributed by atoms with E-state index in [4.69, 9.17) is 9.84 Å². The van der Waals surface area contributed by atoms with E-state index in [0.717, 1.165) is 25.7 Å². The predicted octanol–water partition coefficient (Wildman–Crippen LogP) is 2.71. The molecule has 0 aromatic rings. The standard InChI is InChI=1S/C19H35NO6/c1-13-14(21)12-16(20(4)19(13,2)3)26-15(18(24)25)10-8-6-5-7-9-11-17(22)23/h13-16,21H,5-12H2,1-4H3,(H,22,23)(H,24,25). The van der Waals surface area contributed by atoms with Crippen LogP contribution in [0.25, 0.3) is 0 Å². The number of hydrogen-bond acceptors (Lipinski definition) is 5. The Labute approximate surface area is 156 Å². The molecule has 0 saturated carbocycles. The maximum atomic E-state index is 11.6. The van der Waals surface area contributed by atoms with Crippen molar-refractivity contribution in [1.29, 1.82) is 0 Å². The van der Waals surface area contributed by atoms with Gasteiger partial charge in [0.05, 0.1) is 6.10 Å². The van der Waals surface area contributed by atoms with Crippen LogP contribution in [0.1, 0.15) is 72.1 Å². The topological polar surface area (TPSA) is 107 Å². The number of ether oxygens (including phenoxy) is 1. The summed E-state index contributed by atoms with van der Waals surface area (Å²) in [6, 6.07) is 0. The first-order valence-corrected chi connectivity index (χ1v) is 9.58. The van der Waals surface area contributed by atoms with Gasteiger partial charge in [0, 0.05) is 24.3 Å². The lowest BCUT2D eigenvalue weighted by Gasteiger charge is -2.51. The molecule has 1 aliphatic heterocycles. The molecule has 152 valence electrons. The number of aliphatic hydroxyl groups excluding tert-OH is 1. The Morgan fingerprint density at radius 1 is 1.15 bits per heavy atom. The zero-order valence-corrected chi connectivity index (χ0v) is 16.5. The van der Waals surface area contributed by atoms with E-state index in [2.05, 4.69) is 0 Å². The summed E-state index contributed by atoms with van der Waals surface area (Å²) in [5.74, 6) is -1.68. The van der Waals surface area contributed by atoms with Gasteiger partial charge in [0.15, 0.2) is 6.10 Å². The molecular weight excluding hydrogens is 338 g/mol. The second kappa shape index (κ2) is 10.2. The van der Waals surface area contributed by atoms with Gasteiger partial charge in [-0.15, -0.1) is 0 Å². The highest BCUT2D eigenvalue weighted by Gasteiger charge is 2.45. The third-order valence-electron chi connectivity index (χ3n) is 5.93. The van der Waals surface area contributed by atoms with E-state index in [0.29, 0.717) is 19.3 Å². The number of likely N-dealkylation sites (tertiary alicyclic amines) is 1. The largest absolute Gasteiger partial charge is 0.481 e. The fourth-order valence-electron chi connectivity index (χ4n) is 3.45. The molecule has 0 aromatic heterocycles. The van der Waals surface area contributed by atoms with Crippen LogP contribution in [-0.2, 0) is 14.3 Å². The van der Waals surface area contributed by atoms with Crippen LogP contribution in [0.2, 0.25) is 0 Å². The third-order valence-corrected chi connectivity index (χ3v) is 5.93. The zero-order valence-electron chi connectivity index (χ0n) is 16.5. The molecular formula is C19H35NO6. The van der Waals surface area contributed by atoms with Crippen molar-refractivity contribution in [3.8, 4) is 0 Å². The van der Waals surface area contributed by atoms with Gasteiger partial charge < -0.3 is 20.1 Å². The van der Waals surface area contributed by atoms with Gasteiger partial charge >= 0.3 is 11.9 Å². The summed E-state index contributed by atoms with van der Waals surface area (Å²) in [5.41, 5.74) is -0.282. The van der Waals surface area contributed by atoms with Crippen molar-refractivity contribution >= 4 is 11.9 Å². The lowest BCUT2D eigenvalue weighted by molar-refractivity contribution is -0.199. The molecule has 0 radical (unpaired) electrons. The van der Waals surface area contributed by atoms with E-state index >= 15 is 0 Å². The van der Waals surface area contributed by atoms with Crippen LogP contribution in [0.3, 0.4) is 0 Å². The van der Waals surface area contributed by atoms with Crippen molar-refractivity contribution < 1.29 is 29.6 Å². The minimum absolute atomic E-state index is 0.0708. The highest BCUT2D eigenvalue weighted by atomic mass is 16.5. The lowest BCUT2D eigenvalue weighted by atomic mass is 9.78. The van der Waals surface area contributed by atoms with Crippen molar-refractivity contribution in [2.24, 2.45) is 5.92 Å². The zero-order chi connectivity index (χ0) is 19.9. The predicted molar refractivity (Wildman–Crippen MR) is 97.9 cm³/mol. The van der Waals surface area contributed by atoms with Gasteiger partial charge in [-0.2, -0.15) is 0 Å². The van der Waals surface area contributed by atoms with Gasteiger partial charge in [-0.05, 0) is 33.7 Å². The molecule has 0 aliphatic carbocycles. The highest BCUT2D eigenvalue weighted by Crippen LogP contribution is 2.36. The molecule has 1 aliphatic rings. The molecule has 0 aromatic carbocycles. The Bertz CT molecular complexity index is 467. The molecule has 26 heavy (non-hydrogen) atoms. The first-order valence-electron chi connectivity index (χ1n) is 9.58. The first-order chi connectivity index (χ1) is 12.1. The van der Waals surface area contributed by atoms with Crippen molar-refractivity contribution in [1.82, 2.24) is 4.90 Å². The molecule has 1 saturated heterocycles. The Balaban J connectivity index is 2.45. The van der Waals surface area contributed by atoms with E-state index in [1.807, 2.05) is 32.7 Å². The normalized spacial score (nSPS) is 27.2. The second-order valence-electron chi connectivity index (χ2n) is 7.97. The number of carboxylic acids is 2. The maximum Gasteiger partial charge on any atom is 0.332 e.